The fourth-order valence-electron chi connectivity index (χ4n) is 1.86. The summed E-state index contributed by atoms with van der Waals surface area (Å²) in [5.74, 6) is -0.562. The Labute approximate surface area is 116 Å². The van der Waals surface area contributed by atoms with Crippen molar-refractivity contribution in [3.8, 4) is 0 Å². The zero-order chi connectivity index (χ0) is 15.1. The Morgan fingerprint density at radius 2 is 1.95 bits per heavy atom. The summed E-state index contributed by atoms with van der Waals surface area (Å²) in [6.07, 6.45) is 0. The first-order valence-corrected chi connectivity index (χ1v) is 7.28. The Hall–Kier alpha value is -2.09. The molecule has 2 aromatic rings. The monoisotopic (exact) mass is 298 g/mol. The molecule has 0 spiro atoms. The number of benzene rings is 1. The van der Waals surface area contributed by atoms with Crippen LogP contribution in [0.3, 0.4) is 0 Å². The number of anilines is 2. The van der Waals surface area contributed by atoms with E-state index >= 15 is 0 Å². The van der Waals surface area contributed by atoms with Gasteiger partial charge in [-0.05, 0) is 31.5 Å². The number of hydrogen-bond donors (Lipinski definition) is 2. The molecule has 0 aliphatic heterocycles. The molecule has 0 saturated heterocycles. The Kier molecular flexibility index (Phi) is 3.43. The number of sulfonamides is 1. The first-order chi connectivity index (χ1) is 9.20. The third-order valence-corrected chi connectivity index (χ3v) is 4.13. The van der Waals surface area contributed by atoms with Crippen molar-refractivity contribution in [2.75, 3.05) is 10.5 Å². The van der Waals surface area contributed by atoms with Crippen LogP contribution < -0.4 is 10.5 Å². The number of aromatic nitrogens is 2. The smallest absolute Gasteiger partial charge is 0.266 e. The van der Waals surface area contributed by atoms with Crippen LogP contribution in [0.15, 0.2) is 23.1 Å². The maximum Gasteiger partial charge on any atom is 0.266 e. The highest BCUT2D eigenvalue weighted by molar-refractivity contribution is 7.92. The van der Waals surface area contributed by atoms with Gasteiger partial charge in [-0.25, -0.2) is 12.8 Å². The van der Waals surface area contributed by atoms with Crippen LogP contribution in [0.25, 0.3) is 0 Å². The number of nitrogen functional groups attached to an aromatic ring is 1. The summed E-state index contributed by atoms with van der Waals surface area (Å²) in [6, 6.07) is 4.02. The largest absolute Gasteiger partial charge is 0.399 e. The van der Waals surface area contributed by atoms with Crippen LogP contribution in [0.4, 0.5) is 15.9 Å². The van der Waals surface area contributed by atoms with E-state index in [9.17, 15) is 12.8 Å². The quantitative estimate of drug-likeness (QED) is 0.841. The molecule has 1 aromatic carbocycles. The number of hydrogen-bond acceptors (Lipinski definition) is 4. The summed E-state index contributed by atoms with van der Waals surface area (Å²) in [5, 5.41) is 4.02. The second-order valence-electron chi connectivity index (χ2n) is 4.55. The summed E-state index contributed by atoms with van der Waals surface area (Å²) in [4.78, 5) is -0.478. The van der Waals surface area contributed by atoms with Gasteiger partial charge in [-0.1, -0.05) is 0 Å². The third-order valence-electron chi connectivity index (χ3n) is 2.77. The lowest BCUT2D eigenvalue weighted by Gasteiger charge is -2.10. The normalized spacial score (nSPS) is 11.6. The van der Waals surface area contributed by atoms with Crippen molar-refractivity contribution in [2.45, 2.75) is 18.7 Å². The molecule has 6 nitrogen and oxygen atoms in total. The lowest BCUT2D eigenvalue weighted by atomic mass is 10.2. The van der Waals surface area contributed by atoms with Crippen molar-refractivity contribution in [3.63, 3.8) is 0 Å². The minimum absolute atomic E-state index is 0.173. The van der Waals surface area contributed by atoms with Gasteiger partial charge in [0.2, 0.25) is 0 Å². The van der Waals surface area contributed by atoms with Gasteiger partial charge in [0.1, 0.15) is 16.5 Å². The first kappa shape index (κ1) is 14.3. The molecule has 0 atom stereocenters. The van der Waals surface area contributed by atoms with Crippen molar-refractivity contribution in [1.29, 1.82) is 0 Å². The molecule has 1 heterocycles. The van der Waals surface area contributed by atoms with E-state index in [2.05, 4.69) is 9.82 Å². The van der Waals surface area contributed by atoms with E-state index in [0.29, 0.717) is 5.69 Å². The minimum Gasteiger partial charge on any atom is -0.399 e. The van der Waals surface area contributed by atoms with Crippen molar-refractivity contribution in [1.82, 2.24) is 9.78 Å². The summed E-state index contributed by atoms with van der Waals surface area (Å²) in [7, 11) is -2.47. The molecule has 0 unspecified atom stereocenters. The predicted octanol–water partition coefficient (Wildman–Crippen LogP) is 1.56. The van der Waals surface area contributed by atoms with Crippen molar-refractivity contribution < 1.29 is 12.8 Å². The van der Waals surface area contributed by atoms with Crippen LogP contribution in [-0.2, 0) is 17.1 Å². The highest BCUT2D eigenvalue weighted by Crippen LogP contribution is 2.24. The maximum absolute atomic E-state index is 14.0. The van der Waals surface area contributed by atoms with Gasteiger partial charge in [0.15, 0.2) is 0 Å². The zero-order valence-corrected chi connectivity index (χ0v) is 12.1. The van der Waals surface area contributed by atoms with Gasteiger partial charge in [-0.3, -0.25) is 9.40 Å². The van der Waals surface area contributed by atoms with Crippen LogP contribution in [0, 0.1) is 19.7 Å². The van der Waals surface area contributed by atoms with Crippen LogP contribution in [-0.4, -0.2) is 18.2 Å². The lowest BCUT2D eigenvalue weighted by Crippen LogP contribution is -2.17. The average molecular weight is 298 g/mol. The van der Waals surface area contributed by atoms with Crippen LogP contribution >= 0.6 is 0 Å². The molecule has 1 aromatic heterocycles. The Bertz CT molecular complexity index is 768. The average Bonchev–Trinajstić information content (AvgIpc) is 2.61. The summed E-state index contributed by atoms with van der Waals surface area (Å²) in [6.45, 7) is 3.18. The Morgan fingerprint density at radius 1 is 1.30 bits per heavy atom. The van der Waals surface area contributed by atoms with E-state index in [1.54, 1.807) is 20.0 Å². The summed E-state index contributed by atoms with van der Waals surface area (Å²) in [5.41, 5.74) is 6.58. The molecule has 20 heavy (non-hydrogen) atoms. The molecular weight excluding hydrogens is 283 g/mol. The predicted molar refractivity (Wildman–Crippen MR) is 74.3 cm³/mol. The molecule has 0 aliphatic rings. The molecule has 0 saturated carbocycles. The minimum atomic E-state index is -4.06. The van der Waals surface area contributed by atoms with E-state index in [0.717, 1.165) is 6.07 Å². The number of nitrogens with two attached hydrogens (primary N) is 1. The molecule has 0 radical (unpaired) electrons. The fraction of sp³-hybridized carbons (Fsp3) is 0.250. The SMILES string of the molecule is Cc1cc(NS(=O)(=O)c2cc(N)cc(C)c2F)n(C)n1. The summed E-state index contributed by atoms with van der Waals surface area (Å²) < 4.78 is 42.1. The molecule has 8 heteroatoms. The molecule has 0 aliphatic carbocycles. The highest BCUT2D eigenvalue weighted by Gasteiger charge is 2.22. The van der Waals surface area contributed by atoms with Gasteiger partial charge in [0.05, 0.1) is 5.69 Å². The van der Waals surface area contributed by atoms with Gasteiger partial charge < -0.3 is 5.73 Å². The zero-order valence-electron chi connectivity index (χ0n) is 11.3. The summed E-state index contributed by atoms with van der Waals surface area (Å²) >= 11 is 0. The molecule has 3 N–H and O–H groups in total. The number of nitrogens with one attached hydrogen (secondary N) is 1. The van der Waals surface area contributed by atoms with E-state index in [4.69, 9.17) is 5.73 Å². The van der Waals surface area contributed by atoms with E-state index in [-0.39, 0.29) is 17.1 Å². The number of nitrogens with zero attached hydrogens (tertiary/aromatic N) is 2. The highest BCUT2D eigenvalue weighted by atomic mass is 32.2. The standard InChI is InChI=1S/C12H15FN4O2S/c1-7-4-9(14)6-10(12(7)13)20(18,19)16-11-5-8(2)15-17(11)3/h4-6,16H,14H2,1-3H3. The molecule has 0 amide bonds. The molecule has 0 bridgehead atoms. The first-order valence-electron chi connectivity index (χ1n) is 5.80. The third kappa shape index (κ3) is 2.60. The van der Waals surface area contributed by atoms with Crippen LogP contribution in [0.1, 0.15) is 11.3 Å². The lowest BCUT2D eigenvalue weighted by molar-refractivity contribution is 0.565. The molecule has 0 fully saturated rings. The number of aryl methyl sites for hydroxylation is 3. The number of halogens is 1. The van der Waals surface area contributed by atoms with Gasteiger partial charge in [0, 0.05) is 18.8 Å². The van der Waals surface area contributed by atoms with Crippen LogP contribution in [0.2, 0.25) is 0 Å². The van der Waals surface area contributed by atoms with Gasteiger partial charge >= 0.3 is 0 Å². The van der Waals surface area contributed by atoms with Crippen molar-refractivity contribution in [3.05, 3.63) is 35.3 Å². The van der Waals surface area contributed by atoms with Crippen molar-refractivity contribution in [2.24, 2.45) is 7.05 Å². The van der Waals surface area contributed by atoms with E-state index in [1.165, 1.54) is 17.7 Å². The van der Waals surface area contributed by atoms with Gasteiger partial charge in [-0.15, -0.1) is 0 Å². The Balaban J connectivity index is 2.49. The van der Waals surface area contributed by atoms with Crippen LogP contribution in [0.5, 0.6) is 0 Å². The molecule has 2 rings (SSSR count). The molecule has 108 valence electrons. The van der Waals surface area contributed by atoms with Crippen molar-refractivity contribution >= 4 is 21.5 Å². The Morgan fingerprint density at radius 3 is 2.50 bits per heavy atom. The number of rotatable bonds is 3. The second-order valence-corrected chi connectivity index (χ2v) is 6.20. The van der Waals surface area contributed by atoms with E-state index < -0.39 is 20.7 Å². The topological polar surface area (TPSA) is 90.0 Å². The fourth-order valence-corrected chi connectivity index (χ4v) is 3.12. The van der Waals surface area contributed by atoms with E-state index in [1.807, 2.05) is 0 Å². The maximum atomic E-state index is 14.0. The second kappa shape index (κ2) is 4.78. The van der Waals surface area contributed by atoms with Gasteiger partial charge in [-0.2, -0.15) is 5.10 Å². The molecular formula is C12H15FN4O2S. The van der Waals surface area contributed by atoms with Gasteiger partial charge in [0.25, 0.3) is 10.0 Å².